The maximum absolute atomic E-state index is 13.5. The van der Waals surface area contributed by atoms with Gasteiger partial charge in [0.15, 0.2) is 0 Å². The molecule has 1 saturated heterocycles. The SMILES string of the molecule is CC(C)(C)OC(=O)N[C@@H](CCC(=O)O)C(=O)N1C[C@H](OC(C)(C)C)CC1C(=O)NC(CC(F)(F)F)C(=O)O. The summed E-state index contributed by atoms with van der Waals surface area (Å²) >= 11 is 0. The molecule has 0 aliphatic carbocycles. The first kappa shape index (κ1) is 32.9. The van der Waals surface area contributed by atoms with Crippen molar-refractivity contribution >= 4 is 29.8 Å². The number of alkyl halides is 3. The molecule has 0 aromatic carbocycles. The van der Waals surface area contributed by atoms with Gasteiger partial charge < -0.3 is 35.2 Å². The van der Waals surface area contributed by atoms with Gasteiger partial charge in [-0.05, 0) is 48.0 Å². The van der Waals surface area contributed by atoms with Crippen LogP contribution in [0.1, 0.15) is 67.2 Å². The third-order valence-electron chi connectivity index (χ3n) is 5.05. The molecule has 0 bridgehead atoms. The van der Waals surface area contributed by atoms with Crippen molar-refractivity contribution in [3.8, 4) is 0 Å². The first-order valence-corrected chi connectivity index (χ1v) is 11.9. The number of carbonyl (C=O) groups is 5. The van der Waals surface area contributed by atoms with E-state index < -0.39 is 84.3 Å². The summed E-state index contributed by atoms with van der Waals surface area (Å²) in [6, 6.07) is -5.21. The zero-order valence-electron chi connectivity index (χ0n) is 22.2. The van der Waals surface area contributed by atoms with E-state index in [1.165, 1.54) is 0 Å². The number of alkyl carbamates (subject to hydrolysis) is 1. The second-order valence-corrected chi connectivity index (χ2v) is 10.9. The third-order valence-corrected chi connectivity index (χ3v) is 5.05. The molecule has 1 heterocycles. The van der Waals surface area contributed by atoms with Crippen molar-refractivity contribution in [3.05, 3.63) is 0 Å². The van der Waals surface area contributed by atoms with Crippen LogP contribution < -0.4 is 10.6 Å². The molecule has 0 aromatic heterocycles. The normalized spacial score (nSPS) is 19.9. The Hall–Kier alpha value is -3.10. The number of carbonyl (C=O) groups excluding carboxylic acids is 3. The van der Waals surface area contributed by atoms with Crippen LogP contribution in [0.3, 0.4) is 0 Å². The first-order valence-electron chi connectivity index (χ1n) is 11.9. The lowest BCUT2D eigenvalue weighted by Gasteiger charge is -2.30. The van der Waals surface area contributed by atoms with Gasteiger partial charge in [-0.15, -0.1) is 0 Å². The molecule has 1 aliphatic rings. The highest BCUT2D eigenvalue weighted by molar-refractivity contribution is 5.93. The van der Waals surface area contributed by atoms with Crippen molar-refractivity contribution in [1.82, 2.24) is 15.5 Å². The lowest BCUT2D eigenvalue weighted by atomic mass is 10.1. The number of hydrogen-bond acceptors (Lipinski definition) is 7. The highest BCUT2D eigenvalue weighted by Crippen LogP contribution is 2.27. The van der Waals surface area contributed by atoms with Gasteiger partial charge in [0.25, 0.3) is 0 Å². The summed E-state index contributed by atoms with van der Waals surface area (Å²) in [5.74, 6) is -5.25. The number of halogens is 3. The molecule has 1 fully saturated rings. The number of aliphatic carboxylic acids is 2. The fourth-order valence-corrected chi connectivity index (χ4v) is 3.75. The molecule has 0 spiro atoms. The van der Waals surface area contributed by atoms with E-state index in [1.807, 2.05) is 5.32 Å². The number of likely N-dealkylation sites (tertiary alicyclic amines) is 1. The van der Waals surface area contributed by atoms with Crippen molar-refractivity contribution in [2.45, 2.75) is 109 Å². The van der Waals surface area contributed by atoms with E-state index in [-0.39, 0.29) is 19.4 Å². The third kappa shape index (κ3) is 12.0. The minimum atomic E-state index is -4.89. The molecule has 2 unspecified atom stereocenters. The second kappa shape index (κ2) is 12.6. The zero-order valence-corrected chi connectivity index (χ0v) is 22.2. The Bertz CT molecular complexity index is 897. The van der Waals surface area contributed by atoms with Crippen LogP contribution in [0.2, 0.25) is 0 Å². The minimum Gasteiger partial charge on any atom is -0.481 e. The van der Waals surface area contributed by atoms with Gasteiger partial charge in [0, 0.05) is 19.4 Å². The number of carboxylic acids is 2. The van der Waals surface area contributed by atoms with E-state index >= 15 is 0 Å². The van der Waals surface area contributed by atoms with Crippen LogP contribution in [0.25, 0.3) is 0 Å². The number of nitrogens with zero attached hydrogens (tertiary/aromatic N) is 1. The van der Waals surface area contributed by atoms with Gasteiger partial charge in [0.1, 0.15) is 23.7 Å². The molecule has 0 aromatic rings. The highest BCUT2D eigenvalue weighted by Gasteiger charge is 2.45. The molecule has 218 valence electrons. The highest BCUT2D eigenvalue weighted by atomic mass is 19.4. The van der Waals surface area contributed by atoms with Crippen molar-refractivity contribution < 1.29 is 56.8 Å². The number of carboxylic acid groups (broad SMARTS) is 2. The van der Waals surface area contributed by atoms with Crippen LogP contribution in [0, 0.1) is 0 Å². The van der Waals surface area contributed by atoms with Crippen molar-refractivity contribution in [1.29, 1.82) is 0 Å². The molecular formula is C23H36F3N3O9. The van der Waals surface area contributed by atoms with Crippen molar-refractivity contribution in [2.24, 2.45) is 0 Å². The smallest absolute Gasteiger partial charge is 0.408 e. The first-order chi connectivity index (χ1) is 17.1. The summed E-state index contributed by atoms with van der Waals surface area (Å²) in [4.78, 5) is 62.2. The average molecular weight is 556 g/mol. The van der Waals surface area contributed by atoms with Crippen LogP contribution >= 0.6 is 0 Å². The molecule has 15 heteroatoms. The van der Waals surface area contributed by atoms with Crippen LogP contribution in [0.5, 0.6) is 0 Å². The standard InChI is InChI=1S/C23H36F3N3O9/c1-21(2,3)37-12-9-15(17(32)27-14(19(34)35)10-23(24,25)26)29(11-12)18(33)13(7-8-16(30)31)28-20(36)38-22(4,5)6/h12-15H,7-11H2,1-6H3,(H,27,32)(H,28,36)(H,30,31)(H,34,35)/t12-,13+,14?,15?/m1/s1. The predicted molar refractivity (Wildman–Crippen MR) is 125 cm³/mol. The van der Waals surface area contributed by atoms with Crippen molar-refractivity contribution in [2.75, 3.05) is 6.54 Å². The molecule has 38 heavy (non-hydrogen) atoms. The largest absolute Gasteiger partial charge is 0.481 e. The summed E-state index contributed by atoms with van der Waals surface area (Å²) in [5, 5.41) is 22.4. The molecule has 0 saturated carbocycles. The Morgan fingerprint density at radius 2 is 1.53 bits per heavy atom. The molecule has 3 amide bonds. The number of rotatable bonds is 10. The summed E-state index contributed by atoms with van der Waals surface area (Å²) < 4.78 is 49.5. The summed E-state index contributed by atoms with van der Waals surface area (Å²) in [6.45, 7) is 9.59. The Balaban J connectivity index is 3.27. The minimum absolute atomic E-state index is 0.175. The summed E-state index contributed by atoms with van der Waals surface area (Å²) in [5.41, 5.74) is -1.68. The van der Waals surface area contributed by atoms with E-state index in [9.17, 15) is 42.3 Å². The van der Waals surface area contributed by atoms with Crippen LogP contribution in [0.15, 0.2) is 0 Å². The Labute approximate surface area is 218 Å². The number of ether oxygens (including phenoxy) is 2. The van der Waals surface area contributed by atoms with E-state index in [1.54, 1.807) is 41.5 Å². The maximum atomic E-state index is 13.5. The molecule has 4 N–H and O–H groups in total. The number of amides is 3. The van der Waals surface area contributed by atoms with Crippen molar-refractivity contribution in [3.63, 3.8) is 0 Å². The summed E-state index contributed by atoms with van der Waals surface area (Å²) in [7, 11) is 0. The second-order valence-electron chi connectivity index (χ2n) is 10.9. The van der Waals surface area contributed by atoms with E-state index in [4.69, 9.17) is 14.6 Å². The van der Waals surface area contributed by atoms with Gasteiger partial charge in [0.2, 0.25) is 11.8 Å². The van der Waals surface area contributed by atoms with Gasteiger partial charge in [0.05, 0.1) is 18.1 Å². The van der Waals surface area contributed by atoms with Crippen LogP contribution in [0.4, 0.5) is 18.0 Å². The number of nitrogens with one attached hydrogen (secondary N) is 2. The Morgan fingerprint density at radius 1 is 0.947 bits per heavy atom. The average Bonchev–Trinajstić information content (AvgIpc) is 3.09. The number of hydrogen-bond donors (Lipinski definition) is 4. The van der Waals surface area contributed by atoms with E-state index in [0.717, 1.165) is 4.90 Å². The monoisotopic (exact) mass is 555 g/mol. The molecule has 4 atom stereocenters. The molecule has 12 nitrogen and oxygen atoms in total. The van der Waals surface area contributed by atoms with Crippen LogP contribution in [-0.2, 0) is 28.7 Å². The summed E-state index contributed by atoms with van der Waals surface area (Å²) in [6.07, 6.45) is -9.61. The quantitative estimate of drug-likeness (QED) is 0.315. The fourth-order valence-electron chi connectivity index (χ4n) is 3.75. The van der Waals surface area contributed by atoms with Gasteiger partial charge in [-0.25, -0.2) is 9.59 Å². The van der Waals surface area contributed by atoms with E-state index in [0.29, 0.717) is 0 Å². The zero-order chi connectivity index (χ0) is 29.6. The molecule has 0 radical (unpaired) electrons. The fraction of sp³-hybridized carbons (Fsp3) is 0.783. The topological polar surface area (TPSA) is 172 Å². The van der Waals surface area contributed by atoms with Gasteiger partial charge in [-0.3, -0.25) is 14.4 Å². The Morgan fingerprint density at radius 3 is 1.97 bits per heavy atom. The molecule has 1 rings (SSSR count). The van der Waals surface area contributed by atoms with Crippen LogP contribution in [-0.4, -0.2) is 93.1 Å². The van der Waals surface area contributed by atoms with E-state index in [2.05, 4.69) is 5.32 Å². The molecular weight excluding hydrogens is 519 g/mol. The van der Waals surface area contributed by atoms with Gasteiger partial charge in [-0.2, -0.15) is 13.2 Å². The van der Waals surface area contributed by atoms with Gasteiger partial charge in [-0.1, -0.05) is 0 Å². The lowest BCUT2D eigenvalue weighted by Crippen LogP contribution is -2.56. The molecule has 1 aliphatic heterocycles. The maximum Gasteiger partial charge on any atom is 0.408 e. The van der Waals surface area contributed by atoms with Gasteiger partial charge >= 0.3 is 24.2 Å². The predicted octanol–water partition coefficient (Wildman–Crippen LogP) is 2.05. The Kier molecular flexibility index (Phi) is 10.9. The lowest BCUT2D eigenvalue weighted by molar-refractivity contribution is -0.160.